The van der Waals surface area contributed by atoms with Crippen molar-refractivity contribution >= 4 is 0 Å². The van der Waals surface area contributed by atoms with Gasteiger partial charge in [0.1, 0.15) is 0 Å². The molecule has 4 bridgehead atoms. The predicted molar refractivity (Wildman–Crippen MR) is 49.6 cm³/mol. The van der Waals surface area contributed by atoms with Crippen LogP contribution in [0.5, 0.6) is 0 Å². The second-order valence-corrected chi connectivity index (χ2v) is 5.49. The van der Waals surface area contributed by atoms with E-state index in [2.05, 4.69) is 6.07 Å². The topological polar surface area (TPSA) is 49.8 Å². The molecule has 4 rings (SSSR count). The van der Waals surface area contributed by atoms with Crippen molar-refractivity contribution in [1.29, 1.82) is 5.26 Å². The van der Waals surface area contributed by atoms with Gasteiger partial charge in [-0.3, -0.25) is 0 Å². The van der Waals surface area contributed by atoms with E-state index in [-0.39, 0.29) is 5.54 Å². The molecule has 4 fully saturated rings. The highest BCUT2D eigenvalue weighted by Crippen LogP contribution is 2.57. The molecule has 2 N–H and O–H groups in total. The molecule has 0 spiro atoms. The van der Waals surface area contributed by atoms with Crippen LogP contribution in [0.15, 0.2) is 0 Å². The van der Waals surface area contributed by atoms with Gasteiger partial charge in [-0.1, -0.05) is 0 Å². The number of nitrogens with zero attached hydrogens (tertiary/aromatic N) is 1. The molecule has 0 aliphatic heterocycles. The van der Waals surface area contributed by atoms with Crippen LogP contribution < -0.4 is 5.73 Å². The molecule has 2 heteroatoms. The molecule has 4 saturated carbocycles. The third-order valence-electron chi connectivity index (χ3n) is 4.47. The highest BCUT2D eigenvalue weighted by Gasteiger charge is 2.53. The van der Waals surface area contributed by atoms with Crippen molar-refractivity contribution in [2.75, 3.05) is 0 Å². The van der Waals surface area contributed by atoms with E-state index in [1.807, 2.05) is 0 Å². The van der Waals surface area contributed by atoms with Crippen LogP contribution >= 0.6 is 0 Å². The van der Waals surface area contributed by atoms with Gasteiger partial charge >= 0.3 is 0 Å². The summed E-state index contributed by atoms with van der Waals surface area (Å²) in [6, 6.07) is 2.51. The van der Waals surface area contributed by atoms with E-state index in [0.29, 0.717) is 17.8 Å². The summed E-state index contributed by atoms with van der Waals surface area (Å²) in [7, 11) is 0. The Morgan fingerprint density at radius 3 is 2.23 bits per heavy atom. The van der Waals surface area contributed by atoms with E-state index >= 15 is 0 Å². The van der Waals surface area contributed by atoms with Gasteiger partial charge in [-0.25, -0.2) is 0 Å². The minimum Gasteiger partial charge on any atom is -0.325 e. The first-order valence-electron chi connectivity index (χ1n) is 5.39. The van der Waals surface area contributed by atoms with Crippen LogP contribution in [-0.2, 0) is 0 Å². The maximum absolute atomic E-state index is 9.09. The molecule has 70 valence electrons. The maximum Gasteiger partial charge on any atom is 0.0661 e. The summed E-state index contributed by atoms with van der Waals surface area (Å²) < 4.78 is 0. The lowest BCUT2D eigenvalue weighted by Crippen LogP contribution is -2.58. The SMILES string of the molecule is N#CC1C2CC3C[C@H]1CC(N)(C3)C2. The van der Waals surface area contributed by atoms with Crippen LogP contribution in [0.1, 0.15) is 32.1 Å². The van der Waals surface area contributed by atoms with E-state index < -0.39 is 0 Å². The first-order valence-corrected chi connectivity index (χ1v) is 5.39. The fraction of sp³-hybridized carbons (Fsp3) is 0.909. The average molecular weight is 176 g/mol. The van der Waals surface area contributed by atoms with Crippen molar-refractivity contribution in [2.45, 2.75) is 37.6 Å². The molecule has 0 radical (unpaired) electrons. The molecule has 0 aromatic heterocycles. The van der Waals surface area contributed by atoms with Gasteiger partial charge in [-0.15, -0.1) is 0 Å². The quantitative estimate of drug-likeness (QED) is 0.610. The summed E-state index contributed by atoms with van der Waals surface area (Å²) in [6.07, 6.45) is 6.05. The van der Waals surface area contributed by atoms with Crippen LogP contribution in [0, 0.1) is 35.0 Å². The normalized spacial score (nSPS) is 57.8. The average Bonchev–Trinajstić information content (AvgIpc) is 2.00. The number of nitriles is 1. The third kappa shape index (κ3) is 0.971. The second-order valence-electron chi connectivity index (χ2n) is 5.49. The first-order chi connectivity index (χ1) is 6.20. The maximum atomic E-state index is 9.09. The second kappa shape index (κ2) is 2.27. The minimum absolute atomic E-state index is 0.129. The molecule has 13 heavy (non-hydrogen) atoms. The predicted octanol–water partition coefficient (Wildman–Crippen LogP) is 1.66. The van der Waals surface area contributed by atoms with Gasteiger partial charge in [0.2, 0.25) is 0 Å². The summed E-state index contributed by atoms with van der Waals surface area (Å²) in [5.41, 5.74) is 6.46. The molecule has 4 aliphatic carbocycles. The molecule has 0 aromatic carbocycles. The van der Waals surface area contributed by atoms with Crippen molar-refractivity contribution in [1.82, 2.24) is 0 Å². The fourth-order valence-corrected chi connectivity index (χ4v) is 4.30. The van der Waals surface area contributed by atoms with E-state index in [1.54, 1.807) is 0 Å². The minimum atomic E-state index is 0.129. The van der Waals surface area contributed by atoms with Crippen molar-refractivity contribution in [3.05, 3.63) is 0 Å². The molecule has 2 nitrogen and oxygen atoms in total. The number of rotatable bonds is 0. The van der Waals surface area contributed by atoms with E-state index in [9.17, 15) is 0 Å². The Bertz CT molecular complexity index is 262. The zero-order valence-corrected chi connectivity index (χ0v) is 7.87. The Morgan fingerprint density at radius 1 is 1.15 bits per heavy atom. The van der Waals surface area contributed by atoms with E-state index in [4.69, 9.17) is 11.0 Å². The fourth-order valence-electron chi connectivity index (χ4n) is 4.30. The van der Waals surface area contributed by atoms with Gasteiger partial charge in [-0.05, 0) is 49.9 Å². The molecule has 0 heterocycles. The summed E-state index contributed by atoms with van der Waals surface area (Å²) in [4.78, 5) is 0. The molecular weight excluding hydrogens is 160 g/mol. The first kappa shape index (κ1) is 7.82. The van der Waals surface area contributed by atoms with Crippen LogP contribution in [0.25, 0.3) is 0 Å². The summed E-state index contributed by atoms with van der Waals surface area (Å²) >= 11 is 0. The van der Waals surface area contributed by atoms with Gasteiger partial charge in [0.05, 0.1) is 12.0 Å². The van der Waals surface area contributed by atoms with Crippen molar-refractivity contribution in [3.8, 4) is 6.07 Å². The van der Waals surface area contributed by atoms with Gasteiger partial charge in [0, 0.05) is 5.54 Å². The standard InChI is InChI=1S/C11H16N2/c12-6-10-8-1-7-2-9(10)5-11(13,3-7)4-8/h7-10H,1-5,13H2/t7?,8-,9?,10?,11?/m0/s1. The number of nitrogens with two attached hydrogens (primary N) is 1. The Morgan fingerprint density at radius 2 is 1.77 bits per heavy atom. The van der Waals surface area contributed by atoms with Crippen molar-refractivity contribution in [3.63, 3.8) is 0 Å². The van der Waals surface area contributed by atoms with Crippen LogP contribution in [0.2, 0.25) is 0 Å². The lowest BCUT2D eigenvalue weighted by atomic mass is 9.49. The Hall–Kier alpha value is -0.550. The molecule has 4 aliphatic rings. The zero-order valence-electron chi connectivity index (χ0n) is 7.87. The van der Waals surface area contributed by atoms with Gasteiger partial charge in [0.25, 0.3) is 0 Å². The third-order valence-corrected chi connectivity index (χ3v) is 4.47. The highest BCUT2D eigenvalue weighted by atomic mass is 14.8. The Kier molecular flexibility index (Phi) is 1.37. The van der Waals surface area contributed by atoms with Crippen molar-refractivity contribution < 1.29 is 0 Å². The highest BCUT2D eigenvalue weighted by molar-refractivity contribution is 5.12. The smallest absolute Gasteiger partial charge is 0.0661 e. The summed E-state index contributed by atoms with van der Waals surface area (Å²) in [5, 5.41) is 9.09. The van der Waals surface area contributed by atoms with E-state index in [1.165, 1.54) is 19.3 Å². The van der Waals surface area contributed by atoms with Gasteiger partial charge in [-0.2, -0.15) is 5.26 Å². The molecule has 0 aromatic rings. The lowest BCUT2D eigenvalue weighted by Gasteiger charge is -2.57. The Labute approximate surface area is 79.1 Å². The van der Waals surface area contributed by atoms with Crippen LogP contribution in [0.3, 0.4) is 0 Å². The van der Waals surface area contributed by atoms with E-state index in [0.717, 1.165) is 18.8 Å². The molecule has 0 amide bonds. The largest absolute Gasteiger partial charge is 0.325 e. The molecule has 4 unspecified atom stereocenters. The van der Waals surface area contributed by atoms with Gasteiger partial charge < -0.3 is 5.73 Å². The number of hydrogen-bond acceptors (Lipinski definition) is 2. The number of hydrogen-bond donors (Lipinski definition) is 1. The van der Waals surface area contributed by atoms with Crippen LogP contribution in [-0.4, -0.2) is 5.54 Å². The molecular formula is C11H16N2. The summed E-state index contributed by atoms with van der Waals surface area (Å²) in [6.45, 7) is 0. The zero-order chi connectivity index (χ0) is 9.05. The molecule has 0 saturated heterocycles. The summed E-state index contributed by atoms with van der Waals surface area (Å²) in [5.74, 6) is 2.47. The van der Waals surface area contributed by atoms with Crippen molar-refractivity contribution in [2.24, 2.45) is 29.4 Å². The van der Waals surface area contributed by atoms with Gasteiger partial charge in [0.15, 0.2) is 0 Å². The molecule has 5 atom stereocenters. The monoisotopic (exact) mass is 176 g/mol. The van der Waals surface area contributed by atoms with Crippen LogP contribution in [0.4, 0.5) is 0 Å². The lowest BCUT2D eigenvalue weighted by molar-refractivity contribution is -0.0298. The Balaban J connectivity index is 1.95.